The second-order valence-electron chi connectivity index (χ2n) is 6.33. The van der Waals surface area contributed by atoms with E-state index in [9.17, 15) is 9.90 Å². The predicted octanol–water partition coefficient (Wildman–Crippen LogP) is 1.06. The molecule has 2 heterocycles. The summed E-state index contributed by atoms with van der Waals surface area (Å²) < 4.78 is 5.40. The van der Waals surface area contributed by atoms with Gasteiger partial charge in [-0.1, -0.05) is 0 Å². The number of aliphatic hydroxyl groups is 1. The van der Waals surface area contributed by atoms with E-state index < -0.39 is 5.60 Å². The standard InChI is InChI=1S/C13H24N2O3/c1-13(2,3)18-12(17)14-6-4-5-10(7-14)15-8-11(16)9-15/h10-11,16H,4-9H2,1-3H3. The minimum atomic E-state index is -0.434. The van der Waals surface area contributed by atoms with Crippen LogP contribution in [0.3, 0.4) is 0 Å². The van der Waals surface area contributed by atoms with Crippen LogP contribution in [0.4, 0.5) is 4.79 Å². The number of hydrogen-bond acceptors (Lipinski definition) is 4. The van der Waals surface area contributed by atoms with Gasteiger partial charge in [0, 0.05) is 32.2 Å². The average Bonchev–Trinajstić information content (AvgIpc) is 2.23. The Morgan fingerprint density at radius 1 is 1.28 bits per heavy atom. The van der Waals surface area contributed by atoms with E-state index in [1.54, 1.807) is 4.90 Å². The molecule has 1 N–H and O–H groups in total. The first-order chi connectivity index (χ1) is 8.35. The third kappa shape index (κ3) is 3.36. The van der Waals surface area contributed by atoms with Crippen LogP contribution in [0.2, 0.25) is 0 Å². The van der Waals surface area contributed by atoms with E-state index in [0.29, 0.717) is 6.04 Å². The first-order valence-corrected chi connectivity index (χ1v) is 6.75. The minimum Gasteiger partial charge on any atom is -0.444 e. The molecule has 2 aliphatic rings. The van der Waals surface area contributed by atoms with Gasteiger partial charge in [0.15, 0.2) is 0 Å². The number of carbonyl (C=O) groups is 1. The van der Waals surface area contributed by atoms with Crippen molar-refractivity contribution in [3.63, 3.8) is 0 Å². The molecular formula is C13H24N2O3. The van der Waals surface area contributed by atoms with Crippen molar-refractivity contribution >= 4 is 6.09 Å². The van der Waals surface area contributed by atoms with Gasteiger partial charge in [0.25, 0.3) is 0 Å². The highest BCUT2D eigenvalue weighted by atomic mass is 16.6. The van der Waals surface area contributed by atoms with Crippen LogP contribution >= 0.6 is 0 Å². The zero-order valence-electron chi connectivity index (χ0n) is 11.6. The fraction of sp³-hybridized carbons (Fsp3) is 0.923. The largest absolute Gasteiger partial charge is 0.444 e. The van der Waals surface area contributed by atoms with Crippen LogP contribution in [0.25, 0.3) is 0 Å². The molecule has 0 saturated carbocycles. The maximum absolute atomic E-state index is 12.0. The zero-order chi connectivity index (χ0) is 13.3. The SMILES string of the molecule is CC(C)(C)OC(=O)N1CCCC(N2CC(O)C2)C1. The number of hydrogen-bond donors (Lipinski definition) is 1. The van der Waals surface area contributed by atoms with Gasteiger partial charge in [-0.2, -0.15) is 0 Å². The van der Waals surface area contributed by atoms with Gasteiger partial charge >= 0.3 is 6.09 Å². The van der Waals surface area contributed by atoms with Crippen molar-refractivity contribution in [2.24, 2.45) is 0 Å². The van der Waals surface area contributed by atoms with Crippen molar-refractivity contribution in [1.29, 1.82) is 0 Å². The topological polar surface area (TPSA) is 53.0 Å². The fourth-order valence-corrected chi connectivity index (χ4v) is 2.53. The molecule has 2 aliphatic heterocycles. The number of piperidine rings is 1. The summed E-state index contributed by atoms with van der Waals surface area (Å²) in [6, 6.07) is 0.384. The summed E-state index contributed by atoms with van der Waals surface area (Å²) in [5, 5.41) is 9.33. The number of amides is 1. The first kappa shape index (κ1) is 13.6. The van der Waals surface area contributed by atoms with Gasteiger partial charge in [-0.05, 0) is 33.6 Å². The van der Waals surface area contributed by atoms with Gasteiger partial charge < -0.3 is 14.7 Å². The van der Waals surface area contributed by atoms with Gasteiger partial charge in [-0.25, -0.2) is 4.79 Å². The molecule has 0 bridgehead atoms. The fourth-order valence-electron chi connectivity index (χ4n) is 2.53. The molecule has 18 heavy (non-hydrogen) atoms. The van der Waals surface area contributed by atoms with Crippen LogP contribution in [0.5, 0.6) is 0 Å². The smallest absolute Gasteiger partial charge is 0.410 e. The molecule has 0 aromatic heterocycles. The van der Waals surface area contributed by atoms with Crippen LogP contribution in [0.1, 0.15) is 33.6 Å². The van der Waals surface area contributed by atoms with Crippen LogP contribution < -0.4 is 0 Å². The highest BCUT2D eigenvalue weighted by molar-refractivity contribution is 5.68. The Labute approximate surface area is 109 Å². The normalized spacial score (nSPS) is 26.9. The van der Waals surface area contributed by atoms with Crippen molar-refractivity contribution < 1.29 is 14.6 Å². The van der Waals surface area contributed by atoms with Crippen LogP contribution in [0, 0.1) is 0 Å². The summed E-state index contributed by atoms with van der Waals surface area (Å²) >= 11 is 0. The minimum absolute atomic E-state index is 0.179. The number of β-amino-alcohol motifs (C(OH)–C–C–N with tert-alkyl or cyclic N) is 1. The molecule has 2 saturated heterocycles. The Hall–Kier alpha value is -0.810. The zero-order valence-corrected chi connectivity index (χ0v) is 11.6. The van der Waals surface area contributed by atoms with E-state index in [4.69, 9.17) is 4.74 Å². The molecule has 0 spiro atoms. The van der Waals surface area contributed by atoms with Gasteiger partial charge in [-0.15, -0.1) is 0 Å². The molecule has 2 rings (SSSR count). The van der Waals surface area contributed by atoms with Crippen LogP contribution in [-0.2, 0) is 4.74 Å². The van der Waals surface area contributed by atoms with Crippen molar-refractivity contribution in [3.8, 4) is 0 Å². The van der Waals surface area contributed by atoms with Gasteiger partial charge in [-0.3, -0.25) is 4.90 Å². The van der Waals surface area contributed by atoms with E-state index in [2.05, 4.69) is 4.90 Å². The van der Waals surface area contributed by atoms with Gasteiger partial charge in [0.05, 0.1) is 6.10 Å². The quantitative estimate of drug-likeness (QED) is 0.762. The van der Waals surface area contributed by atoms with E-state index in [-0.39, 0.29) is 12.2 Å². The molecule has 1 amide bonds. The monoisotopic (exact) mass is 256 g/mol. The molecule has 1 atom stereocenters. The lowest BCUT2D eigenvalue weighted by atomic mass is 10.00. The summed E-state index contributed by atoms with van der Waals surface area (Å²) in [5.41, 5.74) is -0.434. The lowest BCUT2D eigenvalue weighted by Crippen LogP contribution is -2.60. The van der Waals surface area contributed by atoms with E-state index in [1.165, 1.54) is 0 Å². The number of rotatable bonds is 1. The number of nitrogens with zero attached hydrogens (tertiary/aromatic N) is 2. The second kappa shape index (κ2) is 5.05. The predicted molar refractivity (Wildman–Crippen MR) is 68.4 cm³/mol. The third-order valence-corrected chi connectivity index (χ3v) is 3.46. The molecule has 0 radical (unpaired) electrons. The van der Waals surface area contributed by atoms with Crippen molar-refractivity contribution in [3.05, 3.63) is 0 Å². The number of ether oxygens (including phenoxy) is 1. The first-order valence-electron chi connectivity index (χ1n) is 6.75. The maximum Gasteiger partial charge on any atom is 0.410 e. The Morgan fingerprint density at radius 2 is 1.94 bits per heavy atom. The van der Waals surface area contributed by atoms with E-state index in [0.717, 1.165) is 39.0 Å². The summed E-state index contributed by atoms with van der Waals surface area (Å²) in [6.45, 7) is 8.65. The van der Waals surface area contributed by atoms with Gasteiger partial charge in [0.2, 0.25) is 0 Å². The molecule has 0 aromatic rings. The summed E-state index contributed by atoms with van der Waals surface area (Å²) in [7, 11) is 0. The van der Waals surface area contributed by atoms with Crippen LogP contribution in [0.15, 0.2) is 0 Å². The van der Waals surface area contributed by atoms with Crippen molar-refractivity contribution in [1.82, 2.24) is 9.80 Å². The molecule has 2 fully saturated rings. The molecule has 0 aliphatic carbocycles. The number of carbonyl (C=O) groups excluding carboxylic acids is 1. The molecular weight excluding hydrogens is 232 g/mol. The highest BCUT2D eigenvalue weighted by Gasteiger charge is 2.35. The molecule has 5 nitrogen and oxygen atoms in total. The molecule has 104 valence electrons. The Bertz CT molecular complexity index is 308. The van der Waals surface area contributed by atoms with Gasteiger partial charge in [0.1, 0.15) is 5.60 Å². The average molecular weight is 256 g/mol. The Morgan fingerprint density at radius 3 is 2.50 bits per heavy atom. The Kier molecular flexibility index (Phi) is 3.82. The molecule has 5 heteroatoms. The lowest BCUT2D eigenvalue weighted by Gasteiger charge is -2.45. The maximum atomic E-state index is 12.0. The van der Waals surface area contributed by atoms with E-state index >= 15 is 0 Å². The highest BCUT2D eigenvalue weighted by Crippen LogP contribution is 2.22. The lowest BCUT2D eigenvalue weighted by molar-refractivity contribution is -0.0461. The second-order valence-corrected chi connectivity index (χ2v) is 6.33. The molecule has 0 aromatic carbocycles. The molecule has 1 unspecified atom stereocenters. The summed E-state index contributed by atoms with van der Waals surface area (Å²) in [4.78, 5) is 16.0. The Balaban J connectivity index is 1.84. The summed E-state index contributed by atoms with van der Waals surface area (Å²) in [5.74, 6) is 0. The van der Waals surface area contributed by atoms with Crippen molar-refractivity contribution in [2.45, 2.75) is 51.4 Å². The number of aliphatic hydroxyl groups excluding tert-OH is 1. The number of likely N-dealkylation sites (tertiary alicyclic amines) is 2. The van der Waals surface area contributed by atoms with Crippen molar-refractivity contribution in [2.75, 3.05) is 26.2 Å². The van der Waals surface area contributed by atoms with Crippen LogP contribution in [-0.4, -0.2) is 64.9 Å². The third-order valence-electron chi connectivity index (χ3n) is 3.46. The van der Waals surface area contributed by atoms with E-state index in [1.807, 2.05) is 20.8 Å². The summed E-state index contributed by atoms with van der Waals surface area (Å²) in [6.07, 6.45) is 1.72.